The lowest BCUT2D eigenvalue weighted by atomic mass is 9.84. The van der Waals surface area contributed by atoms with Crippen molar-refractivity contribution < 1.29 is 19.1 Å². The summed E-state index contributed by atoms with van der Waals surface area (Å²) in [6.07, 6.45) is 2.76. The quantitative estimate of drug-likeness (QED) is 0.898. The molecule has 4 nitrogen and oxygen atoms in total. The van der Waals surface area contributed by atoms with Gasteiger partial charge >= 0.3 is 5.97 Å². The lowest BCUT2D eigenvalue weighted by Crippen LogP contribution is -2.48. The zero-order valence-corrected chi connectivity index (χ0v) is 12.5. The van der Waals surface area contributed by atoms with Crippen molar-refractivity contribution >= 4 is 11.9 Å². The van der Waals surface area contributed by atoms with Crippen LogP contribution in [0, 0.1) is 23.6 Å². The molecule has 0 heterocycles. The summed E-state index contributed by atoms with van der Waals surface area (Å²) in [6, 6.07) is 5.88. The Kier molecular flexibility index (Phi) is 3.89. The van der Waals surface area contributed by atoms with Crippen LogP contribution in [0.5, 0.6) is 0 Å². The van der Waals surface area contributed by atoms with Crippen molar-refractivity contribution in [2.24, 2.45) is 17.8 Å². The molecular weight excluding hydrogens is 285 g/mol. The third-order valence-corrected chi connectivity index (χ3v) is 5.28. The molecule has 0 radical (unpaired) electrons. The van der Waals surface area contributed by atoms with Gasteiger partial charge in [-0.05, 0) is 49.7 Å². The van der Waals surface area contributed by atoms with Crippen molar-refractivity contribution in [1.82, 2.24) is 5.32 Å². The number of aliphatic carboxylic acids is 1. The number of nitrogens with one attached hydrogen (secondary N) is 1. The van der Waals surface area contributed by atoms with Gasteiger partial charge in [-0.25, -0.2) is 4.39 Å². The normalized spacial score (nSPS) is 31.0. The van der Waals surface area contributed by atoms with E-state index < -0.39 is 23.6 Å². The number of carbonyl (C=O) groups excluding carboxylic acids is 1. The first-order chi connectivity index (χ1) is 10.5. The molecule has 5 atom stereocenters. The molecule has 1 aromatic carbocycles. The van der Waals surface area contributed by atoms with Gasteiger partial charge < -0.3 is 10.4 Å². The maximum atomic E-state index is 13.8. The predicted octanol–water partition coefficient (Wildman–Crippen LogP) is 2.54. The third-order valence-electron chi connectivity index (χ3n) is 5.28. The van der Waals surface area contributed by atoms with E-state index in [4.69, 9.17) is 0 Å². The molecule has 0 spiro atoms. The molecule has 1 amide bonds. The number of benzene rings is 1. The van der Waals surface area contributed by atoms with Gasteiger partial charge in [-0.15, -0.1) is 0 Å². The lowest BCUT2D eigenvalue weighted by Gasteiger charge is -2.30. The van der Waals surface area contributed by atoms with E-state index in [1.54, 1.807) is 25.1 Å². The standard InChI is InChI=1S/C17H20FNO3/c1-9(12-4-2-3-5-13(12)18)16(20)19-15-11-7-6-10(8-11)14(15)17(21)22/h2-5,9-11,14-15H,6-8H2,1H3,(H,19,20)(H,21,22)/t9-,10-,11-,14+,15-/m0/s1. The Hall–Kier alpha value is -1.91. The summed E-state index contributed by atoms with van der Waals surface area (Å²) in [4.78, 5) is 23.9. The molecule has 2 aliphatic rings. The van der Waals surface area contributed by atoms with Gasteiger partial charge in [0.15, 0.2) is 0 Å². The molecule has 118 valence electrons. The van der Waals surface area contributed by atoms with Crippen molar-refractivity contribution in [2.45, 2.75) is 38.1 Å². The molecule has 5 heteroatoms. The second kappa shape index (κ2) is 5.71. The Labute approximate surface area is 128 Å². The molecule has 3 rings (SSSR count). The van der Waals surface area contributed by atoms with Crippen LogP contribution in [0.25, 0.3) is 0 Å². The molecule has 0 saturated heterocycles. The Morgan fingerprint density at radius 3 is 2.64 bits per heavy atom. The van der Waals surface area contributed by atoms with Crippen LogP contribution in [0.3, 0.4) is 0 Å². The molecule has 2 aliphatic carbocycles. The first-order valence-corrected chi connectivity index (χ1v) is 7.76. The zero-order valence-electron chi connectivity index (χ0n) is 12.5. The molecule has 0 aliphatic heterocycles. The van der Waals surface area contributed by atoms with Gasteiger partial charge in [0.25, 0.3) is 0 Å². The highest BCUT2D eigenvalue weighted by molar-refractivity contribution is 5.84. The van der Waals surface area contributed by atoms with E-state index in [1.807, 2.05) is 0 Å². The van der Waals surface area contributed by atoms with Crippen LogP contribution in [-0.2, 0) is 9.59 Å². The summed E-state index contributed by atoms with van der Waals surface area (Å²) in [5.41, 5.74) is 0.343. The molecular formula is C17H20FNO3. The Morgan fingerprint density at radius 2 is 1.95 bits per heavy atom. The Morgan fingerprint density at radius 1 is 1.27 bits per heavy atom. The van der Waals surface area contributed by atoms with E-state index in [0.29, 0.717) is 5.56 Å². The van der Waals surface area contributed by atoms with Gasteiger partial charge in [0, 0.05) is 6.04 Å². The first-order valence-electron chi connectivity index (χ1n) is 7.76. The van der Waals surface area contributed by atoms with Crippen LogP contribution in [0.2, 0.25) is 0 Å². The number of rotatable bonds is 4. The molecule has 2 saturated carbocycles. The lowest BCUT2D eigenvalue weighted by molar-refractivity contribution is -0.144. The second-order valence-electron chi connectivity index (χ2n) is 6.47. The van der Waals surface area contributed by atoms with Crippen LogP contribution < -0.4 is 5.32 Å². The monoisotopic (exact) mass is 305 g/mol. The number of amides is 1. The van der Waals surface area contributed by atoms with Gasteiger partial charge in [0.1, 0.15) is 5.82 Å². The average Bonchev–Trinajstić information content (AvgIpc) is 3.07. The van der Waals surface area contributed by atoms with Gasteiger partial charge in [0.05, 0.1) is 11.8 Å². The van der Waals surface area contributed by atoms with Crippen LogP contribution in [0.4, 0.5) is 4.39 Å². The Balaban J connectivity index is 1.74. The largest absolute Gasteiger partial charge is 0.481 e. The molecule has 2 fully saturated rings. The number of carboxylic acid groups (broad SMARTS) is 1. The molecule has 2 bridgehead atoms. The third kappa shape index (κ3) is 2.49. The van der Waals surface area contributed by atoms with E-state index >= 15 is 0 Å². The summed E-state index contributed by atoms with van der Waals surface area (Å²) >= 11 is 0. The molecule has 22 heavy (non-hydrogen) atoms. The number of halogens is 1. The van der Waals surface area contributed by atoms with E-state index in [1.165, 1.54) is 6.07 Å². The summed E-state index contributed by atoms with van der Waals surface area (Å²) in [5.74, 6) is -2.28. The van der Waals surface area contributed by atoms with Crippen molar-refractivity contribution in [1.29, 1.82) is 0 Å². The summed E-state index contributed by atoms with van der Waals surface area (Å²) in [5, 5.41) is 12.3. The minimum atomic E-state index is -0.837. The number of carboxylic acids is 1. The fraction of sp³-hybridized carbons (Fsp3) is 0.529. The van der Waals surface area contributed by atoms with Crippen molar-refractivity contribution in [3.05, 3.63) is 35.6 Å². The Bertz CT molecular complexity index is 603. The number of hydrogen-bond acceptors (Lipinski definition) is 2. The van der Waals surface area contributed by atoms with E-state index in [0.717, 1.165) is 19.3 Å². The minimum Gasteiger partial charge on any atom is -0.481 e. The zero-order chi connectivity index (χ0) is 15.9. The fourth-order valence-corrected chi connectivity index (χ4v) is 4.11. The van der Waals surface area contributed by atoms with Gasteiger partial charge in [-0.2, -0.15) is 0 Å². The van der Waals surface area contributed by atoms with Gasteiger partial charge in [-0.3, -0.25) is 9.59 Å². The second-order valence-corrected chi connectivity index (χ2v) is 6.47. The van der Waals surface area contributed by atoms with Gasteiger partial charge in [-0.1, -0.05) is 18.2 Å². The van der Waals surface area contributed by atoms with Crippen molar-refractivity contribution in [3.63, 3.8) is 0 Å². The van der Waals surface area contributed by atoms with Gasteiger partial charge in [0.2, 0.25) is 5.91 Å². The highest BCUT2D eigenvalue weighted by atomic mass is 19.1. The summed E-state index contributed by atoms with van der Waals surface area (Å²) in [6.45, 7) is 1.65. The van der Waals surface area contributed by atoms with Crippen LogP contribution in [0.1, 0.15) is 37.7 Å². The van der Waals surface area contributed by atoms with E-state index in [9.17, 15) is 19.1 Å². The number of fused-ring (bicyclic) bond motifs is 2. The summed E-state index contributed by atoms with van der Waals surface area (Å²) in [7, 11) is 0. The van der Waals surface area contributed by atoms with Crippen LogP contribution in [0.15, 0.2) is 24.3 Å². The van der Waals surface area contributed by atoms with Crippen molar-refractivity contribution in [2.75, 3.05) is 0 Å². The van der Waals surface area contributed by atoms with E-state index in [2.05, 4.69) is 5.32 Å². The maximum Gasteiger partial charge on any atom is 0.308 e. The van der Waals surface area contributed by atoms with E-state index in [-0.39, 0.29) is 23.8 Å². The highest BCUT2D eigenvalue weighted by Crippen LogP contribution is 2.48. The fourth-order valence-electron chi connectivity index (χ4n) is 4.11. The number of carbonyl (C=O) groups is 2. The molecule has 0 aromatic heterocycles. The first kappa shape index (κ1) is 15.0. The summed E-state index contributed by atoms with van der Waals surface area (Å²) < 4.78 is 13.8. The predicted molar refractivity (Wildman–Crippen MR) is 78.7 cm³/mol. The maximum absolute atomic E-state index is 13.8. The number of hydrogen-bond donors (Lipinski definition) is 2. The average molecular weight is 305 g/mol. The molecule has 2 N–H and O–H groups in total. The van der Waals surface area contributed by atoms with Crippen molar-refractivity contribution in [3.8, 4) is 0 Å². The SMILES string of the molecule is C[C@H](C(=O)N[C@H]1[C@H]2CC[C@@H](C2)[C@H]1C(=O)O)c1ccccc1F. The smallest absolute Gasteiger partial charge is 0.308 e. The van der Waals surface area contributed by atoms with Crippen LogP contribution >= 0.6 is 0 Å². The van der Waals surface area contributed by atoms with Crippen LogP contribution in [-0.4, -0.2) is 23.0 Å². The topological polar surface area (TPSA) is 66.4 Å². The molecule has 1 aromatic rings. The highest BCUT2D eigenvalue weighted by Gasteiger charge is 2.51. The minimum absolute atomic E-state index is 0.163. The molecule has 0 unspecified atom stereocenters.